The quantitative estimate of drug-likeness (QED) is 0.655. The van der Waals surface area contributed by atoms with Crippen molar-refractivity contribution in [3.63, 3.8) is 0 Å². The lowest BCUT2D eigenvalue weighted by atomic mass is 10.0. The van der Waals surface area contributed by atoms with Crippen LogP contribution in [0.25, 0.3) is 0 Å². The number of likely N-dealkylation sites (tertiary alicyclic amines) is 1. The largest absolute Gasteiger partial charge is 0.315 e. The zero-order valence-corrected chi connectivity index (χ0v) is 9.09. The number of hydrogen-bond donors (Lipinski definition) is 1. The van der Waals surface area contributed by atoms with Gasteiger partial charge in [-0.2, -0.15) is 0 Å². The molecule has 0 radical (unpaired) electrons. The third-order valence-corrected chi connectivity index (χ3v) is 3.96. The predicted molar refractivity (Wildman–Crippen MR) is 55.7 cm³/mol. The maximum absolute atomic E-state index is 3.49. The van der Waals surface area contributed by atoms with Crippen molar-refractivity contribution in [2.24, 2.45) is 17.8 Å². The van der Waals surface area contributed by atoms with Crippen LogP contribution in [-0.2, 0) is 0 Å². The van der Waals surface area contributed by atoms with E-state index >= 15 is 0 Å². The van der Waals surface area contributed by atoms with Crippen LogP contribution in [0.3, 0.4) is 0 Å². The predicted octanol–water partition coefficient (Wildman–Crippen LogP) is 1.18. The molecule has 2 rings (SSSR count). The second-order valence-corrected chi connectivity index (χ2v) is 5.11. The molecule has 0 aromatic rings. The van der Waals surface area contributed by atoms with Crippen LogP contribution in [0.2, 0.25) is 0 Å². The van der Waals surface area contributed by atoms with Gasteiger partial charge in [-0.15, -0.1) is 0 Å². The molecule has 2 nitrogen and oxygen atoms in total. The first kappa shape index (κ1) is 9.47. The van der Waals surface area contributed by atoms with Crippen LogP contribution in [0.1, 0.15) is 20.8 Å². The van der Waals surface area contributed by atoms with Gasteiger partial charge in [-0.3, -0.25) is 4.90 Å². The molecule has 2 aliphatic rings. The van der Waals surface area contributed by atoms with Gasteiger partial charge in [-0.05, 0) is 24.3 Å². The van der Waals surface area contributed by atoms with E-state index in [1.807, 2.05) is 0 Å². The van der Waals surface area contributed by atoms with E-state index in [2.05, 4.69) is 31.0 Å². The van der Waals surface area contributed by atoms with Crippen LogP contribution in [0.5, 0.6) is 0 Å². The van der Waals surface area contributed by atoms with Crippen molar-refractivity contribution >= 4 is 0 Å². The van der Waals surface area contributed by atoms with Crippen molar-refractivity contribution in [1.82, 2.24) is 10.2 Å². The Morgan fingerprint density at radius 3 is 2.00 bits per heavy atom. The highest BCUT2D eigenvalue weighted by molar-refractivity contribution is 4.91. The van der Waals surface area contributed by atoms with Gasteiger partial charge in [0.05, 0.1) is 0 Å². The molecule has 0 aromatic heterocycles. The fourth-order valence-corrected chi connectivity index (χ4v) is 2.73. The Labute approximate surface area is 81.7 Å². The molecule has 0 saturated carbocycles. The van der Waals surface area contributed by atoms with E-state index in [9.17, 15) is 0 Å². The van der Waals surface area contributed by atoms with Gasteiger partial charge >= 0.3 is 0 Å². The van der Waals surface area contributed by atoms with Gasteiger partial charge in [0.1, 0.15) is 0 Å². The van der Waals surface area contributed by atoms with E-state index in [1.54, 1.807) is 0 Å². The highest BCUT2D eigenvalue weighted by Crippen LogP contribution is 2.27. The zero-order valence-electron chi connectivity index (χ0n) is 9.09. The monoisotopic (exact) mass is 182 g/mol. The molecule has 2 heterocycles. The fourth-order valence-electron chi connectivity index (χ4n) is 2.73. The van der Waals surface area contributed by atoms with Gasteiger partial charge < -0.3 is 5.32 Å². The zero-order chi connectivity index (χ0) is 9.42. The number of nitrogens with zero attached hydrogens (tertiary/aromatic N) is 1. The molecule has 1 N–H and O–H groups in total. The SMILES string of the molecule is CC1CN(C2CNCC2C)CC1C. The van der Waals surface area contributed by atoms with Crippen molar-refractivity contribution in [3.8, 4) is 0 Å². The summed E-state index contributed by atoms with van der Waals surface area (Å²) in [5, 5.41) is 3.49. The molecule has 0 aliphatic carbocycles. The van der Waals surface area contributed by atoms with E-state index in [0.717, 1.165) is 23.8 Å². The fraction of sp³-hybridized carbons (Fsp3) is 1.00. The summed E-state index contributed by atoms with van der Waals surface area (Å²) in [5.74, 6) is 2.64. The van der Waals surface area contributed by atoms with E-state index in [0.29, 0.717) is 0 Å². The summed E-state index contributed by atoms with van der Waals surface area (Å²) < 4.78 is 0. The molecule has 0 spiro atoms. The molecular formula is C11H22N2. The Morgan fingerprint density at radius 1 is 0.923 bits per heavy atom. The molecule has 13 heavy (non-hydrogen) atoms. The van der Waals surface area contributed by atoms with Gasteiger partial charge in [0.15, 0.2) is 0 Å². The molecule has 2 fully saturated rings. The molecule has 2 saturated heterocycles. The molecule has 0 amide bonds. The summed E-state index contributed by atoms with van der Waals surface area (Å²) in [6, 6.07) is 0.812. The highest BCUT2D eigenvalue weighted by atomic mass is 15.2. The maximum atomic E-state index is 3.49. The van der Waals surface area contributed by atoms with Crippen LogP contribution < -0.4 is 5.32 Å². The lowest BCUT2D eigenvalue weighted by molar-refractivity contribution is 0.210. The minimum Gasteiger partial charge on any atom is -0.315 e. The summed E-state index contributed by atoms with van der Waals surface area (Å²) in [4.78, 5) is 2.69. The number of rotatable bonds is 1. The normalized spacial score (nSPS) is 47.3. The Balaban J connectivity index is 1.95. The first-order valence-electron chi connectivity index (χ1n) is 5.63. The molecule has 0 aromatic carbocycles. The molecule has 76 valence electrons. The molecular weight excluding hydrogens is 160 g/mol. The first-order valence-corrected chi connectivity index (χ1v) is 5.63. The topological polar surface area (TPSA) is 15.3 Å². The van der Waals surface area contributed by atoms with E-state index < -0.39 is 0 Å². The first-order chi connectivity index (χ1) is 6.18. The smallest absolute Gasteiger partial charge is 0.0258 e. The minimum absolute atomic E-state index is 0.812. The Bertz CT molecular complexity index is 171. The van der Waals surface area contributed by atoms with Crippen LogP contribution in [-0.4, -0.2) is 37.1 Å². The number of hydrogen-bond acceptors (Lipinski definition) is 2. The van der Waals surface area contributed by atoms with E-state index in [1.165, 1.54) is 26.2 Å². The Kier molecular flexibility index (Phi) is 2.61. The second-order valence-electron chi connectivity index (χ2n) is 5.11. The third kappa shape index (κ3) is 1.75. The number of nitrogens with one attached hydrogen (secondary N) is 1. The maximum Gasteiger partial charge on any atom is 0.0258 e. The van der Waals surface area contributed by atoms with E-state index in [4.69, 9.17) is 0 Å². The van der Waals surface area contributed by atoms with E-state index in [-0.39, 0.29) is 0 Å². The van der Waals surface area contributed by atoms with Crippen LogP contribution in [0.15, 0.2) is 0 Å². The molecule has 4 atom stereocenters. The summed E-state index contributed by atoms with van der Waals surface area (Å²) in [5.41, 5.74) is 0. The second kappa shape index (κ2) is 3.58. The Hall–Kier alpha value is -0.0800. The average molecular weight is 182 g/mol. The lowest BCUT2D eigenvalue weighted by Crippen LogP contribution is -2.38. The summed E-state index contributed by atoms with van der Waals surface area (Å²) in [6.07, 6.45) is 0. The minimum atomic E-state index is 0.812. The summed E-state index contributed by atoms with van der Waals surface area (Å²) in [6.45, 7) is 12.2. The third-order valence-electron chi connectivity index (χ3n) is 3.96. The Morgan fingerprint density at radius 2 is 1.54 bits per heavy atom. The highest BCUT2D eigenvalue weighted by Gasteiger charge is 2.35. The van der Waals surface area contributed by atoms with Gasteiger partial charge in [0.2, 0.25) is 0 Å². The summed E-state index contributed by atoms with van der Waals surface area (Å²) in [7, 11) is 0. The molecule has 0 bridgehead atoms. The van der Waals surface area contributed by atoms with Crippen molar-refractivity contribution in [1.29, 1.82) is 0 Å². The average Bonchev–Trinajstić information content (AvgIpc) is 2.60. The summed E-state index contributed by atoms with van der Waals surface area (Å²) >= 11 is 0. The molecule has 2 heteroatoms. The lowest BCUT2D eigenvalue weighted by Gasteiger charge is -2.26. The van der Waals surface area contributed by atoms with Gasteiger partial charge in [0, 0.05) is 25.7 Å². The standard InChI is InChI=1S/C11H22N2/c1-8-4-12-5-11(8)13-6-9(2)10(3)7-13/h8-12H,4-7H2,1-3H3. The van der Waals surface area contributed by atoms with Crippen molar-refractivity contribution in [3.05, 3.63) is 0 Å². The molecule has 2 aliphatic heterocycles. The van der Waals surface area contributed by atoms with Gasteiger partial charge in [-0.1, -0.05) is 20.8 Å². The van der Waals surface area contributed by atoms with Crippen LogP contribution in [0, 0.1) is 17.8 Å². The molecule has 4 unspecified atom stereocenters. The van der Waals surface area contributed by atoms with Crippen molar-refractivity contribution < 1.29 is 0 Å². The van der Waals surface area contributed by atoms with Gasteiger partial charge in [0.25, 0.3) is 0 Å². The van der Waals surface area contributed by atoms with Crippen LogP contribution in [0.4, 0.5) is 0 Å². The van der Waals surface area contributed by atoms with Gasteiger partial charge in [-0.25, -0.2) is 0 Å². The van der Waals surface area contributed by atoms with Crippen molar-refractivity contribution in [2.45, 2.75) is 26.8 Å². The van der Waals surface area contributed by atoms with Crippen LogP contribution >= 0.6 is 0 Å². The van der Waals surface area contributed by atoms with Crippen molar-refractivity contribution in [2.75, 3.05) is 26.2 Å².